The smallest absolute Gasteiger partial charge is 0.318 e. The van der Waals surface area contributed by atoms with Crippen molar-refractivity contribution in [3.05, 3.63) is 52.0 Å². The molecule has 1 fully saturated rings. The summed E-state index contributed by atoms with van der Waals surface area (Å²) < 4.78 is 0. The highest BCUT2D eigenvalue weighted by atomic mass is 32.1. The third-order valence-corrected chi connectivity index (χ3v) is 6.00. The highest BCUT2D eigenvalue weighted by molar-refractivity contribution is 7.10. The predicted molar refractivity (Wildman–Crippen MR) is 97.9 cm³/mol. The molecule has 1 aliphatic carbocycles. The monoisotopic (exact) mass is 343 g/mol. The van der Waals surface area contributed by atoms with Crippen molar-refractivity contribution in [2.24, 2.45) is 5.41 Å². The molecule has 24 heavy (non-hydrogen) atoms. The van der Waals surface area contributed by atoms with Crippen molar-refractivity contribution in [3.8, 4) is 0 Å². The number of aromatic nitrogens is 1. The maximum absolute atomic E-state index is 12.8. The molecule has 2 heterocycles. The highest BCUT2D eigenvalue weighted by Crippen LogP contribution is 2.47. The van der Waals surface area contributed by atoms with Gasteiger partial charge in [0.15, 0.2) is 0 Å². The number of amides is 2. The van der Waals surface area contributed by atoms with Crippen LogP contribution in [0.1, 0.15) is 42.3 Å². The lowest BCUT2D eigenvalue weighted by molar-refractivity contribution is 0.189. The maximum Gasteiger partial charge on any atom is 0.318 e. The van der Waals surface area contributed by atoms with Gasteiger partial charge in [0.05, 0.1) is 18.8 Å². The van der Waals surface area contributed by atoms with E-state index in [2.05, 4.69) is 35.6 Å². The number of urea groups is 1. The zero-order valence-electron chi connectivity index (χ0n) is 14.4. The Morgan fingerprint density at radius 1 is 1.33 bits per heavy atom. The summed E-state index contributed by atoms with van der Waals surface area (Å²) in [6, 6.07) is 7.94. The molecule has 2 aromatic heterocycles. The molecule has 0 radical (unpaired) electrons. The SMILES string of the molecule is CCC1(CNC(=O)N(Cc2ccccn2)Cc2sccc2C)CC1. The van der Waals surface area contributed by atoms with Gasteiger partial charge in [0, 0.05) is 17.6 Å². The summed E-state index contributed by atoms with van der Waals surface area (Å²) in [4.78, 5) is 20.2. The van der Waals surface area contributed by atoms with Gasteiger partial charge in [0.25, 0.3) is 0 Å². The number of aryl methyl sites for hydroxylation is 1. The van der Waals surface area contributed by atoms with Crippen molar-refractivity contribution in [2.75, 3.05) is 6.54 Å². The number of pyridine rings is 1. The summed E-state index contributed by atoms with van der Waals surface area (Å²) in [5.41, 5.74) is 2.51. The Morgan fingerprint density at radius 3 is 2.75 bits per heavy atom. The molecule has 0 saturated heterocycles. The largest absolute Gasteiger partial charge is 0.337 e. The summed E-state index contributed by atoms with van der Waals surface area (Å²) in [5.74, 6) is 0. The molecule has 128 valence electrons. The quantitative estimate of drug-likeness (QED) is 0.812. The van der Waals surface area contributed by atoms with E-state index in [1.54, 1.807) is 17.5 Å². The van der Waals surface area contributed by atoms with Crippen LogP contribution in [0.2, 0.25) is 0 Å². The molecule has 1 N–H and O–H groups in total. The number of rotatable bonds is 7. The van der Waals surface area contributed by atoms with Gasteiger partial charge in [-0.05, 0) is 60.7 Å². The summed E-state index contributed by atoms with van der Waals surface area (Å²) in [5, 5.41) is 5.23. The van der Waals surface area contributed by atoms with Gasteiger partial charge in [-0.2, -0.15) is 0 Å². The summed E-state index contributed by atoms with van der Waals surface area (Å²) >= 11 is 1.70. The van der Waals surface area contributed by atoms with E-state index < -0.39 is 0 Å². The van der Waals surface area contributed by atoms with Gasteiger partial charge in [-0.3, -0.25) is 4.98 Å². The van der Waals surface area contributed by atoms with Gasteiger partial charge < -0.3 is 10.2 Å². The molecule has 0 spiro atoms. The van der Waals surface area contributed by atoms with Gasteiger partial charge in [-0.25, -0.2) is 4.79 Å². The molecule has 0 bridgehead atoms. The van der Waals surface area contributed by atoms with Crippen LogP contribution in [-0.2, 0) is 13.1 Å². The van der Waals surface area contributed by atoms with E-state index in [9.17, 15) is 4.79 Å². The first kappa shape index (κ1) is 17.0. The van der Waals surface area contributed by atoms with Crippen molar-refractivity contribution >= 4 is 17.4 Å². The summed E-state index contributed by atoms with van der Waals surface area (Å²) in [6.07, 6.45) is 5.37. The van der Waals surface area contributed by atoms with E-state index in [1.807, 2.05) is 23.1 Å². The standard InChI is InChI=1S/C19H25N3OS/c1-3-19(8-9-19)14-21-18(23)22(12-16-6-4-5-10-20-16)13-17-15(2)7-11-24-17/h4-7,10-11H,3,8-9,12-14H2,1-2H3,(H,21,23). The van der Waals surface area contributed by atoms with Crippen LogP contribution in [0.3, 0.4) is 0 Å². The zero-order valence-corrected chi connectivity index (χ0v) is 15.2. The number of nitrogens with zero attached hydrogens (tertiary/aromatic N) is 2. The molecule has 0 atom stereocenters. The fourth-order valence-electron chi connectivity index (χ4n) is 2.83. The summed E-state index contributed by atoms with van der Waals surface area (Å²) in [7, 11) is 0. The summed E-state index contributed by atoms with van der Waals surface area (Å²) in [6.45, 7) is 6.25. The maximum atomic E-state index is 12.8. The number of nitrogens with one attached hydrogen (secondary N) is 1. The normalized spacial score (nSPS) is 15.1. The number of thiophene rings is 1. The molecule has 3 rings (SSSR count). The topological polar surface area (TPSA) is 45.2 Å². The zero-order chi connectivity index (χ0) is 17.0. The number of carbonyl (C=O) groups excluding carboxylic acids is 1. The van der Waals surface area contributed by atoms with Gasteiger partial charge in [-0.1, -0.05) is 13.0 Å². The number of hydrogen-bond acceptors (Lipinski definition) is 3. The third-order valence-electron chi connectivity index (χ3n) is 4.99. The minimum atomic E-state index is 0.00757. The Morgan fingerprint density at radius 2 is 2.17 bits per heavy atom. The Bertz CT molecular complexity index is 679. The minimum Gasteiger partial charge on any atom is -0.337 e. The van der Waals surface area contributed by atoms with Crippen LogP contribution in [0.25, 0.3) is 0 Å². The molecular formula is C19H25N3OS. The number of carbonyl (C=O) groups is 1. The Labute approximate surface area is 147 Å². The van der Waals surface area contributed by atoms with E-state index in [4.69, 9.17) is 0 Å². The lowest BCUT2D eigenvalue weighted by Crippen LogP contribution is -2.41. The van der Waals surface area contributed by atoms with Crippen LogP contribution < -0.4 is 5.32 Å². The van der Waals surface area contributed by atoms with Crippen LogP contribution in [-0.4, -0.2) is 22.5 Å². The second-order valence-corrected chi connectivity index (χ2v) is 7.72. The molecular weight excluding hydrogens is 318 g/mol. The van der Waals surface area contributed by atoms with Crippen LogP contribution in [0.15, 0.2) is 35.8 Å². The Balaban J connectivity index is 1.68. The van der Waals surface area contributed by atoms with Crippen molar-refractivity contribution in [2.45, 2.75) is 46.2 Å². The van der Waals surface area contributed by atoms with Gasteiger partial charge in [0.1, 0.15) is 0 Å². The van der Waals surface area contributed by atoms with E-state index in [0.717, 1.165) is 18.7 Å². The number of hydrogen-bond donors (Lipinski definition) is 1. The lowest BCUT2D eigenvalue weighted by atomic mass is 10.0. The average molecular weight is 343 g/mol. The van der Waals surface area contributed by atoms with Crippen LogP contribution in [0, 0.1) is 12.3 Å². The fourth-order valence-corrected chi connectivity index (χ4v) is 3.75. The van der Waals surface area contributed by atoms with Crippen molar-refractivity contribution in [1.82, 2.24) is 15.2 Å². The highest BCUT2D eigenvalue weighted by Gasteiger charge is 2.40. The second-order valence-electron chi connectivity index (χ2n) is 6.72. The second kappa shape index (κ2) is 7.34. The van der Waals surface area contributed by atoms with Crippen LogP contribution in [0.5, 0.6) is 0 Å². The van der Waals surface area contributed by atoms with Crippen molar-refractivity contribution < 1.29 is 4.79 Å². The average Bonchev–Trinajstić information content (AvgIpc) is 3.29. The fraction of sp³-hybridized carbons (Fsp3) is 0.474. The molecule has 0 unspecified atom stereocenters. The van der Waals surface area contributed by atoms with E-state index >= 15 is 0 Å². The first-order valence-corrected chi connectivity index (χ1v) is 9.45. The molecule has 4 nitrogen and oxygen atoms in total. The Kier molecular flexibility index (Phi) is 5.19. The van der Waals surface area contributed by atoms with Crippen LogP contribution >= 0.6 is 11.3 Å². The molecule has 0 aromatic carbocycles. The molecule has 1 saturated carbocycles. The molecule has 2 amide bonds. The van der Waals surface area contributed by atoms with Gasteiger partial charge >= 0.3 is 6.03 Å². The van der Waals surface area contributed by atoms with Gasteiger partial charge in [0.2, 0.25) is 0 Å². The molecule has 1 aliphatic rings. The molecule has 5 heteroatoms. The molecule has 0 aliphatic heterocycles. The first-order valence-electron chi connectivity index (χ1n) is 8.57. The van der Waals surface area contributed by atoms with E-state index in [1.165, 1.54) is 23.3 Å². The Hall–Kier alpha value is -1.88. The first-order chi connectivity index (χ1) is 11.6. The predicted octanol–water partition coefficient (Wildman–Crippen LogP) is 4.35. The molecule has 2 aromatic rings. The minimum absolute atomic E-state index is 0.00757. The van der Waals surface area contributed by atoms with Crippen LogP contribution in [0.4, 0.5) is 4.79 Å². The van der Waals surface area contributed by atoms with E-state index in [-0.39, 0.29) is 6.03 Å². The van der Waals surface area contributed by atoms with E-state index in [0.29, 0.717) is 18.5 Å². The van der Waals surface area contributed by atoms with Gasteiger partial charge in [-0.15, -0.1) is 11.3 Å². The third kappa shape index (κ3) is 4.15. The van der Waals surface area contributed by atoms with Crippen molar-refractivity contribution in [3.63, 3.8) is 0 Å². The van der Waals surface area contributed by atoms with Crippen molar-refractivity contribution in [1.29, 1.82) is 0 Å². The lowest BCUT2D eigenvalue weighted by Gasteiger charge is -2.24.